The van der Waals surface area contributed by atoms with Crippen LogP contribution in [0.3, 0.4) is 0 Å². The smallest absolute Gasteiger partial charge is 0.0582 e. The topological polar surface area (TPSA) is 46.9 Å². The number of hydrogen-bond acceptors (Lipinski definition) is 4. The van der Waals surface area contributed by atoms with E-state index in [1.54, 1.807) is 0 Å². The van der Waals surface area contributed by atoms with Crippen LogP contribution in [0.2, 0.25) is 0 Å². The number of hydrogen-bond donors (Lipinski definition) is 2. The van der Waals surface area contributed by atoms with Crippen LogP contribution in [0.4, 0.5) is 0 Å². The van der Waals surface area contributed by atoms with Gasteiger partial charge in [0.15, 0.2) is 0 Å². The molecule has 4 nitrogen and oxygen atoms in total. The van der Waals surface area contributed by atoms with E-state index >= 15 is 0 Å². The molecule has 0 saturated heterocycles. The van der Waals surface area contributed by atoms with Gasteiger partial charge < -0.3 is 20.0 Å². The molecule has 0 atom stereocenters. The fourth-order valence-electron chi connectivity index (χ4n) is 0.934. The fourth-order valence-corrected chi connectivity index (χ4v) is 0.934. The predicted molar refractivity (Wildman–Crippen MR) is 41.0 cm³/mol. The SMILES string of the molecule is OCCN1C=CN(CCO)[CH-]1.[Ti]. The van der Waals surface area contributed by atoms with E-state index in [0.29, 0.717) is 13.1 Å². The molecular formula is C7H13N2O2Ti-. The first-order chi connectivity index (χ1) is 5.36. The summed E-state index contributed by atoms with van der Waals surface area (Å²) in [4.78, 5) is 3.74. The molecule has 0 aromatic carbocycles. The second-order valence-corrected chi connectivity index (χ2v) is 2.34. The third kappa shape index (κ3) is 3.58. The first-order valence-electron chi connectivity index (χ1n) is 3.63. The molecular weight excluding hydrogens is 192 g/mol. The third-order valence-electron chi connectivity index (χ3n) is 1.46. The minimum atomic E-state index is 0. The molecule has 12 heavy (non-hydrogen) atoms. The van der Waals surface area contributed by atoms with Gasteiger partial charge in [-0.05, 0) is 12.4 Å². The Bertz CT molecular complexity index is 129. The molecule has 0 saturated carbocycles. The average Bonchev–Trinajstić information content (AvgIpc) is 2.38. The molecule has 1 heterocycles. The Morgan fingerprint density at radius 1 is 1.00 bits per heavy atom. The number of rotatable bonds is 4. The molecule has 0 amide bonds. The molecule has 1 aliphatic rings. The van der Waals surface area contributed by atoms with Crippen LogP contribution in [0, 0.1) is 6.67 Å². The molecule has 0 fully saturated rings. The van der Waals surface area contributed by atoms with E-state index in [4.69, 9.17) is 10.2 Å². The minimum absolute atomic E-state index is 0. The first-order valence-corrected chi connectivity index (χ1v) is 3.63. The summed E-state index contributed by atoms with van der Waals surface area (Å²) in [7, 11) is 0. The van der Waals surface area contributed by atoms with E-state index in [9.17, 15) is 0 Å². The van der Waals surface area contributed by atoms with Gasteiger partial charge in [-0.2, -0.15) is 6.67 Å². The summed E-state index contributed by atoms with van der Waals surface area (Å²) >= 11 is 0. The Kier molecular flexibility index (Phi) is 6.47. The Balaban J connectivity index is 0.00000121. The monoisotopic (exact) mass is 205 g/mol. The van der Waals surface area contributed by atoms with Gasteiger partial charge in [-0.3, -0.25) is 0 Å². The maximum absolute atomic E-state index is 8.58. The number of nitrogens with zero attached hydrogens (tertiary/aromatic N) is 2. The molecule has 0 aromatic heterocycles. The van der Waals surface area contributed by atoms with Crippen molar-refractivity contribution >= 4 is 0 Å². The van der Waals surface area contributed by atoms with Gasteiger partial charge >= 0.3 is 0 Å². The molecule has 5 heteroatoms. The Labute approximate surface area is 87.3 Å². The molecule has 0 aliphatic carbocycles. The standard InChI is InChI=1S/C7H13N2O2.Ti/c10-5-3-8-1-2-9(7-8)4-6-11;/h1-2,7,10-11H,3-6H2;/q-1;. The van der Waals surface area contributed by atoms with Gasteiger partial charge in [0.1, 0.15) is 0 Å². The van der Waals surface area contributed by atoms with Crippen LogP contribution in [0.15, 0.2) is 12.4 Å². The van der Waals surface area contributed by atoms with E-state index in [2.05, 4.69) is 0 Å². The van der Waals surface area contributed by atoms with Gasteiger partial charge in [0.2, 0.25) is 0 Å². The zero-order valence-electron chi connectivity index (χ0n) is 6.85. The number of β-amino-alcohol motifs (C(OH)–C–C–N with tert-alkyl or cyclic N) is 2. The maximum atomic E-state index is 8.58. The van der Waals surface area contributed by atoms with E-state index in [0.717, 1.165) is 0 Å². The molecule has 0 unspecified atom stereocenters. The van der Waals surface area contributed by atoms with Crippen molar-refractivity contribution in [1.82, 2.24) is 9.80 Å². The summed E-state index contributed by atoms with van der Waals surface area (Å²) in [6.07, 6.45) is 3.73. The van der Waals surface area contributed by atoms with Crippen molar-refractivity contribution in [1.29, 1.82) is 0 Å². The van der Waals surface area contributed by atoms with Crippen molar-refractivity contribution in [2.75, 3.05) is 26.3 Å². The maximum Gasteiger partial charge on any atom is 0.0582 e. The van der Waals surface area contributed by atoms with Crippen LogP contribution >= 0.6 is 0 Å². The van der Waals surface area contributed by atoms with Crippen molar-refractivity contribution in [3.63, 3.8) is 0 Å². The number of aliphatic hydroxyl groups excluding tert-OH is 2. The average molecular weight is 205 g/mol. The zero-order chi connectivity index (χ0) is 8.10. The van der Waals surface area contributed by atoms with Gasteiger partial charge in [0, 0.05) is 34.8 Å². The molecule has 1 aliphatic heterocycles. The molecule has 0 aromatic rings. The second kappa shape index (κ2) is 6.49. The Morgan fingerprint density at radius 3 is 1.75 bits per heavy atom. The van der Waals surface area contributed by atoms with E-state index < -0.39 is 0 Å². The second-order valence-electron chi connectivity index (χ2n) is 2.34. The predicted octanol–water partition coefficient (Wildman–Crippen LogP) is -0.823. The van der Waals surface area contributed by atoms with Crippen molar-refractivity contribution < 1.29 is 31.9 Å². The van der Waals surface area contributed by atoms with Crippen molar-refractivity contribution in [3.05, 3.63) is 19.1 Å². The zero-order valence-corrected chi connectivity index (χ0v) is 8.41. The third-order valence-corrected chi connectivity index (χ3v) is 1.46. The Morgan fingerprint density at radius 2 is 1.42 bits per heavy atom. The number of aliphatic hydroxyl groups is 2. The molecule has 0 spiro atoms. The van der Waals surface area contributed by atoms with Crippen LogP contribution < -0.4 is 0 Å². The molecule has 0 bridgehead atoms. The Hall–Kier alpha value is -0.0257. The normalized spacial score (nSPS) is 15.2. The quantitative estimate of drug-likeness (QED) is 0.465. The fraction of sp³-hybridized carbons (Fsp3) is 0.571. The van der Waals surface area contributed by atoms with Crippen molar-refractivity contribution in [3.8, 4) is 0 Å². The molecule has 2 N–H and O–H groups in total. The summed E-state index contributed by atoms with van der Waals surface area (Å²) in [5.41, 5.74) is 0. The van der Waals surface area contributed by atoms with E-state index in [1.165, 1.54) is 0 Å². The summed E-state index contributed by atoms with van der Waals surface area (Å²) in [6, 6.07) is 0. The minimum Gasteiger partial charge on any atom is -0.506 e. The van der Waals surface area contributed by atoms with Gasteiger partial charge in [-0.1, -0.05) is 0 Å². The summed E-state index contributed by atoms with van der Waals surface area (Å²) < 4.78 is 0. The molecule has 1 rings (SSSR count). The van der Waals surface area contributed by atoms with Crippen LogP contribution in [0.25, 0.3) is 0 Å². The van der Waals surface area contributed by atoms with Crippen LogP contribution in [0.1, 0.15) is 0 Å². The van der Waals surface area contributed by atoms with Crippen LogP contribution in [-0.4, -0.2) is 46.3 Å². The van der Waals surface area contributed by atoms with Crippen molar-refractivity contribution in [2.45, 2.75) is 0 Å². The summed E-state index contributed by atoms with van der Waals surface area (Å²) in [5, 5.41) is 17.2. The van der Waals surface area contributed by atoms with E-state index in [-0.39, 0.29) is 34.9 Å². The largest absolute Gasteiger partial charge is 0.506 e. The summed E-state index contributed by atoms with van der Waals surface area (Å²) in [6.45, 7) is 3.37. The van der Waals surface area contributed by atoms with Crippen molar-refractivity contribution in [2.24, 2.45) is 0 Å². The first kappa shape index (κ1) is 12.0. The van der Waals surface area contributed by atoms with Gasteiger partial charge in [0.05, 0.1) is 13.2 Å². The summed E-state index contributed by atoms with van der Waals surface area (Å²) in [5.74, 6) is 0. The van der Waals surface area contributed by atoms with Gasteiger partial charge in [-0.15, -0.1) is 0 Å². The molecule has 0 radical (unpaired) electrons. The van der Waals surface area contributed by atoms with E-state index in [1.807, 2.05) is 28.9 Å². The van der Waals surface area contributed by atoms with Gasteiger partial charge in [-0.25, -0.2) is 0 Å². The van der Waals surface area contributed by atoms with Gasteiger partial charge in [0.25, 0.3) is 0 Å². The molecule has 68 valence electrons. The van der Waals surface area contributed by atoms with Crippen LogP contribution in [-0.2, 0) is 21.7 Å². The van der Waals surface area contributed by atoms with Crippen LogP contribution in [0.5, 0.6) is 0 Å².